The molecule has 0 aliphatic heterocycles. The fourth-order valence-corrected chi connectivity index (χ4v) is 5.03. The van der Waals surface area contributed by atoms with Crippen LogP contribution in [0, 0.1) is 0 Å². The number of sulfonamides is 1. The number of aromatic nitrogens is 2. The Labute approximate surface area is 239 Å². The molecule has 39 heavy (non-hydrogen) atoms. The van der Waals surface area contributed by atoms with Gasteiger partial charge in [-0.25, -0.2) is 18.4 Å². The SMILES string of the molecule is C/C=C1/CC=CC=C(NS(=O)(=O)c2ccc(Nc3nc(SC)nc(=C/CC)/c3=C\CC)cc2)C1.C=NC.CC. The Bertz CT molecular complexity index is 1380. The zero-order chi connectivity index (χ0) is 29.3. The zero-order valence-electron chi connectivity index (χ0n) is 24.3. The molecule has 0 spiro atoms. The molecule has 2 aromatic rings. The van der Waals surface area contributed by atoms with Crippen LogP contribution in [0.2, 0.25) is 0 Å². The van der Waals surface area contributed by atoms with Crippen molar-refractivity contribution in [2.45, 2.75) is 70.4 Å². The Morgan fingerprint density at radius 1 is 1.10 bits per heavy atom. The van der Waals surface area contributed by atoms with E-state index in [4.69, 9.17) is 0 Å². The summed E-state index contributed by atoms with van der Waals surface area (Å²) in [6.07, 6.45) is 17.0. The van der Waals surface area contributed by atoms with E-state index in [0.717, 1.165) is 35.5 Å². The largest absolute Gasteiger partial charge is 0.340 e. The van der Waals surface area contributed by atoms with Gasteiger partial charge in [0.1, 0.15) is 5.82 Å². The highest BCUT2D eigenvalue weighted by molar-refractivity contribution is 7.98. The fourth-order valence-electron chi connectivity index (χ4n) is 3.56. The van der Waals surface area contributed by atoms with Gasteiger partial charge in [0.25, 0.3) is 10.0 Å². The maximum Gasteiger partial charge on any atom is 0.261 e. The summed E-state index contributed by atoms with van der Waals surface area (Å²) >= 11 is 1.49. The summed E-state index contributed by atoms with van der Waals surface area (Å²) in [5, 5.41) is 5.89. The lowest BCUT2D eigenvalue weighted by Crippen LogP contribution is -2.32. The molecule has 0 atom stereocenters. The normalized spacial score (nSPS) is 14.8. The molecule has 9 heteroatoms. The van der Waals surface area contributed by atoms with Crippen LogP contribution in [0.3, 0.4) is 0 Å². The van der Waals surface area contributed by atoms with Crippen LogP contribution in [-0.2, 0) is 10.0 Å². The predicted molar refractivity (Wildman–Crippen MR) is 170 cm³/mol. The molecule has 212 valence electrons. The highest BCUT2D eigenvalue weighted by Crippen LogP contribution is 2.21. The number of benzene rings is 1. The van der Waals surface area contributed by atoms with Crippen LogP contribution in [0.4, 0.5) is 11.5 Å². The van der Waals surface area contributed by atoms with E-state index < -0.39 is 10.0 Å². The average Bonchev–Trinajstić information content (AvgIpc) is 3.17. The molecule has 1 aliphatic carbocycles. The number of nitrogens with zero attached hydrogens (tertiary/aromatic N) is 3. The lowest BCUT2D eigenvalue weighted by Gasteiger charge is -2.13. The van der Waals surface area contributed by atoms with E-state index in [0.29, 0.717) is 23.1 Å². The Hall–Kier alpha value is -3.17. The monoisotopic (exact) mass is 569 g/mol. The molecule has 0 amide bonds. The third-order valence-corrected chi connectivity index (χ3v) is 7.25. The number of anilines is 2. The lowest BCUT2D eigenvalue weighted by molar-refractivity contribution is 0.587. The van der Waals surface area contributed by atoms with Crippen LogP contribution >= 0.6 is 11.8 Å². The van der Waals surface area contributed by atoms with Gasteiger partial charge in [-0.3, -0.25) is 4.72 Å². The van der Waals surface area contributed by atoms with Gasteiger partial charge >= 0.3 is 0 Å². The van der Waals surface area contributed by atoms with Gasteiger partial charge in [0.2, 0.25) is 0 Å². The van der Waals surface area contributed by atoms with Crippen molar-refractivity contribution in [3.63, 3.8) is 0 Å². The Morgan fingerprint density at radius 2 is 1.74 bits per heavy atom. The number of hydrogen-bond acceptors (Lipinski definition) is 7. The van der Waals surface area contributed by atoms with Crippen LogP contribution in [0.15, 0.2) is 74.9 Å². The summed E-state index contributed by atoms with van der Waals surface area (Å²) in [5.74, 6) is 0.712. The van der Waals surface area contributed by atoms with Crippen molar-refractivity contribution in [2.75, 3.05) is 18.6 Å². The van der Waals surface area contributed by atoms with E-state index in [1.165, 1.54) is 17.3 Å². The molecule has 1 aliphatic rings. The van der Waals surface area contributed by atoms with Crippen molar-refractivity contribution in [3.05, 3.63) is 70.4 Å². The summed E-state index contributed by atoms with van der Waals surface area (Å²) < 4.78 is 28.7. The van der Waals surface area contributed by atoms with Gasteiger partial charge in [-0.15, -0.1) is 0 Å². The number of allylic oxidation sites excluding steroid dienone is 5. The quantitative estimate of drug-likeness (QED) is 0.172. The maximum atomic E-state index is 13.0. The number of hydrogen-bond donors (Lipinski definition) is 2. The summed E-state index contributed by atoms with van der Waals surface area (Å²) in [6.45, 7) is 13.2. The van der Waals surface area contributed by atoms with Crippen molar-refractivity contribution in [1.82, 2.24) is 14.7 Å². The van der Waals surface area contributed by atoms with E-state index in [9.17, 15) is 8.42 Å². The second-order valence-electron chi connectivity index (χ2n) is 8.10. The van der Waals surface area contributed by atoms with Crippen molar-refractivity contribution in [1.29, 1.82) is 0 Å². The van der Waals surface area contributed by atoms with E-state index >= 15 is 0 Å². The van der Waals surface area contributed by atoms with Gasteiger partial charge in [0.05, 0.1) is 10.2 Å². The third-order valence-electron chi connectivity index (χ3n) is 5.28. The molecule has 0 unspecified atom stereocenters. The third kappa shape index (κ3) is 10.8. The smallest absolute Gasteiger partial charge is 0.261 e. The standard InChI is InChI=1S/C26H32N4O2S2.C2H5N.C2H6/c1-5-10-23-24(11-6-2)28-26(33-4)29-25(23)27-20-14-16-22(17-15-20)34(31,32)30-21-13-9-8-12-19(7-3)18-21;1-3-2;1-2/h7-11,13-17,30H,5-6,12,18H2,1-4H3,(H,27,28,29);1H2,2H3;1-2H3/b19-7-,23-10+,24-11+;;. The van der Waals surface area contributed by atoms with Crippen molar-refractivity contribution in [2.24, 2.45) is 4.99 Å². The first-order chi connectivity index (χ1) is 18.8. The molecule has 1 aromatic carbocycles. The van der Waals surface area contributed by atoms with Gasteiger partial charge < -0.3 is 10.3 Å². The summed E-state index contributed by atoms with van der Waals surface area (Å²) in [5.41, 5.74) is 2.59. The van der Waals surface area contributed by atoms with Crippen molar-refractivity contribution in [3.8, 4) is 0 Å². The summed E-state index contributed by atoms with van der Waals surface area (Å²) in [4.78, 5) is 12.8. The van der Waals surface area contributed by atoms with Crippen LogP contribution in [0.25, 0.3) is 12.2 Å². The molecule has 1 aromatic heterocycles. The topological polar surface area (TPSA) is 96.3 Å². The van der Waals surface area contributed by atoms with Crippen LogP contribution < -0.4 is 20.6 Å². The molecule has 0 saturated carbocycles. The first kappa shape index (κ1) is 33.9. The Morgan fingerprint density at radius 3 is 2.31 bits per heavy atom. The van der Waals surface area contributed by atoms with E-state index in [1.807, 2.05) is 51.3 Å². The summed E-state index contributed by atoms with van der Waals surface area (Å²) in [7, 11) is -2.05. The summed E-state index contributed by atoms with van der Waals surface area (Å²) in [6, 6.07) is 6.72. The fraction of sp³-hybridized carbons (Fsp3) is 0.367. The molecule has 0 radical (unpaired) electrons. The van der Waals surface area contributed by atoms with Crippen LogP contribution in [0.5, 0.6) is 0 Å². The van der Waals surface area contributed by atoms with Gasteiger partial charge in [0, 0.05) is 30.1 Å². The minimum atomic E-state index is -3.69. The molecule has 0 saturated heterocycles. The van der Waals surface area contributed by atoms with Gasteiger partial charge in [0.15, 0.2) is 5.16 Å². The minimum absolute atomic E-state index is 0.210. The molecule has 7 nitrogen and oxygen atoms in total. The highest BCUT2D eigenvalue weighted by Gasteiger charge is 2.17. The van der Waals surface area contributed by atoms with E-state index in [-0.39, 0.29) is 4.90 Å². The second-order valence-corrected chi connectivity index (χ2v) is 10.6. The van der Waals surface area contributed by atoms with Gasteiger partial charge in [-0.2, -0.15) is 0 Å². The maximum absolute atomic E-state index is 13.0. The number of nitrogens with one attached hydrogen (secondary N) is 2. The van der Waals surface area contributed by atoms with Crippen molar-refractivity contribution < 1.29 is 8.42 Å². The van der Waals surface area contributed by atoms with Crippen LogP contribution in [-0.4, -0.2) is 38.4 Å². The molecular formula is C30H43N5O2S2. The number of rotatable bonds is 8. The average molecular weight is 570 g/mol. The van der Waals surface area contributed by atoms with Gasteiger partial charge in [-0.1, -0.05) is 75.4 Å². The predicted octanol–water partition coefficient (Wildman–Crippen LogP) is 6.12. The highest BCUT2D eigenvalue weighted by atomic mass is 32.2. The number of thioether (sulfide) groups is 1. The lowest BCUT2D eigenvalue weighted by atomic mass is 10.1. The molecular weight excluding hydrogens is 526 g/mol. The molecule has 3 rings (SSSR count). The van der Waals surface area contributed by atoms with Gasteiger partial charge in [-0.05, 0) is 69.5 Å². The van der Waals surface area contributed by atoms with Crippen molar-refractivity contribution >= 4 is 52.2 Å². The molecule has 0 fully saturated rings. The molecule has 2 N–H and O–H groups in total. The zero-order valence-corrected chi connectivity index (χ0v) is 25.9. The number of aliphatic imine (C=N–C) groups is 1. The molecule has 1 heterocycles. The van der Waals surface area contributed by atoms with E-state index in [1.54, 1.807) is 31.3 Å². The molecule has 0 bridgehead atoms. The second kappa shape index (κ2) is 18.2. The Balaban J connectivity index is 0.00000142. The first-order valence-corrected chi connectivity index (χ1v) is 15.9. The van der Waals surface area contributed by atoms with Crippen LogP contribution in [0.1, 0.15) is 60.3 Å². The van der Waals surface area contributed by atoms with E-state index in [2.05, 4.69) is 57.7 Å². The first-order valence-electron chi connectivity index (χ1n) is 13.2. The minimum Gasteiger partial charge on any atom is -0.340 e. The Kier molecular flexibility index (Phi) is 15.8.